The van der Waals surface area contributed by atoms with Gasteiger partial charge in [0.25, 0.3) is 5.91 Å². The van der Waals surface area contributed by atoms with Crippen molar-refractivity contribution in [3.63, 3.8) is 0 Å². The van der Waals surface area contributed by atoms with E-state index in [0.29, 0.717) is 35.4 Å². The summed E-state index contributed by atoms with van der Waals surface area (Å²) in [7, 11) is 3.25. The number of pyridine rings is 1. The Kier molecular flexibility index (Phi) is 5.61. The van der Waals surface area contributed by atoms with Crippen LogP contribution in [0.1, 0.15) is 10.4 Å². The van der Waals surface area contributed by atoms with E-state index in [4.69, 9.17) is 21.1 Å². The molecule has 0 saturated heterocycles. The van der Waals surface area contributed by atoms with Gasteiger partial charge in [0.2, 0.25) is 5.88 Å². The van der Waals surface area contributed by atoms with Crippen LogP contribution < -0.4 is 9.47 Å². The van der Waals surface area contributed by atoms with Crippen LogP contribution >= 0.6 is 11.6 Å². The maximum atomic E-state index is 12.2. The van der Waals surface area contributed by atoms with Gasteiger partial charge in [-0.3, -0.25) is 4.79 Å². The minimum atomic E-state index is -0.121. The summed E-state index contributed by atoms with van der Waals surface area (Å²) in [6.45, 7) is 0.837. The van der Waals surface area contributed by atoms with E-state index in [1.165, 1.54) is 13.3 Å². The molecule has 1 amide bonds. The summed E-state index contributed by atoms with van der Waals surface area (Å²) in [5.74, 6) is 1.04. The molecule has 0 radical (unpaired) electrons. The van der Waals surface area contributed by atoms with E-state index < -0.39 is 0 Å². The Hall–Kier alpha value is -2.27. The van der Waals surface area contributed by atoms with Gasteiger partial charge >= 0.3 is 0 Å². The summed E-state index contributed by atoms with van der Waals surface area (Å²) in [5.41, 5.74) is 0.506. The first-order chi connectivity index (χ1) is 10.6. The molecule has 2 aromatic rings. The van der Waals surface area contributed by atoms with E-state index in [1.54, 1.807) is 36.2 Å². The summed E-state index contributed by atoms with van der Waals surface area (Å²) >= 11 is 5.88. The van der Waals surface area contributed by atoms with Crippen LogP contribution in [0.2, 0.25) is 5.02 Å². The highest BCUT2D eigenvalue weighted by atomic mass is 35.5. The fraction of sp³-hybridized carbons (Fsp3) is 0.250. The smallest absolute Gasteiger partial charge is 0.255 e. The van der Waals surface area contributed by atoms with Gasteiger partial charge in [-0.25, -0.2) is 4.98 Å². The largest absolute Gasteiger partial charge is 0.492 e. The first-order valence-electron chi connectivity index (χ1n) is 6.74. The molecule has 1 aromatic carbocycles. The van der Waals surface area contributed by atoms with Crippen molar-refractivity contribution in [2.24, 2.45) is 0 Å². The molecule has 0 aliphatic heterocycles. The fourth-order valence-corrected chi connectivity index (χ4v) is 1.99. The lowest BCUT2D eigenvalue weighted by Gasteiger charge is -2.17. The average molecular weight is 321 g/mol. The highest BCUT2D eigenvalue weighted by molar-refractivity contribution is 6.30. The average Bonchev–Trinajstić information content (AvgIpc) is 2.54. The van der Waals surface area contributed by atoms with Crippen LogP contribution in [-0.2, 0) is 0 Å². The van der Waals surface area contributed by atoms with Gasteiger partial charge in [0.15, 0.2) is 0 Å². The van der Waals surface area contributed by atoms with Gasteiger partial charge in [0, 0.05) is 24.3 Å². The number of carbonyl (C=O) groups is 1. The minimum Gasteiger partial charge on any atom is -0.492 e. The molecule has 22 heavy (non-hydrogen) atoms. The van der Waals surface area contributed by atoms with Crippen LogP contribution in [-0.4, -0.2) is 43.1 Å². The van der Waals surface area contributed by atoms with E-state index in [9.17, 15) is 4.79 Å². The molecule has 0 unspecified atom stereocenters. The summed E-state index contributed by atoms with van der Waals surface area (Å²) < 4.78 is 10.5. The van der Waals surface area contributed by atoms with Crippen LogP contribution in [0.4, 0.5) is 0 Å². The van der Waals surface area contributed by atoms with Gasteiger partial charge < -0.3 is 14.4 Å². The Morgan fingerprint density at radius 1 is 1.32 bits per heavy atom. The van der Waals surface area contributed by atoms with Gasteiger partial charge in [0.05, 0.1) is 19.2 Å². The number of carbonyl (C=O) groups excluding carboxylic acids is 1. The number of nitrogens with zero attached hydrogens (tertiary/aromatic N) is 2. The van der Waals surface area contributed by atoms with Gasteiger partial charge in [-0.05, 0) is 24.3 Å². The Morgan fingerprint density at radius 2 is 2.14 bits per heavy atom. The predicted molar refractivity (Wildman–Crippen MR) is 84.7 cm³/mol. The molecule has 0 fully saturated rings. The van der Waals surface area contributed by atoms with Crippen molar-refractivity contribution >= 4 is 17.5 Å². The molecule has 0 aliphatic rings. The molecule has 5 nitrogen and oxygen atoms in total. The number of amides is 1. The SMILES string of the molecule is COc1ccc(C(=O)N(C)CCOc2cccc(Cl)c2)cn1. The maximum Gasteiger partial charge on any atom is 0.255 e. The number of rotatable bonds is 6. The Morgan fingerprint density at radius 3 is 2.77 bits per heavy atom. The third-order valence-corrected chi connectivity index (χ3v) is 3.27. The molecular weight excluding hydrogens is 304 g/mol. The van der Waals surface area contributed by atoms with E-state index in [-0.39, 0.29) is 5.91 Å². The highest BCUT2D eigenvalue weighted by Gasteiger charge is 2.12. The zero-order valence-electron chi connectivity index (χ0n) is 12.5. The molecule has 1 heterocycles. The van der Waals surface area contributed by atoms with Crippen LogP contribution in [0.5, 0.6) is 11.6 Å². The zero-order chi connectivity index (χ0) is 15.9. The van der Waals surface area contributed by atoms with E-state index in [0.717, 1.165) is 0 Å². The molecule has 6 heteroatoms. The Balaban J connectivity index is 1.85. The normalized spacial score (nSPS) is 10.1. The van der Waals surface area contributed by atoms with Crippen LogP contribution in [0, 0.1) is 0 Å². The number of likely N-dealkylation sites (N-methyl/N-ethyl adjacent to an activating group) is 1. The predicted octanol–water partition coefficient (Wildman–Crippen LogP) is 2.89. The number of halogens is 1. The summed E-state index contributed by atoms with van der Waals surface area (Å²) in [6, 6.07) is 10.5. The fourth-order valence-electron chi connectivity index (χ4n) is 1.81. The standard InChI is InChI=1S/C16H17ClN2O3/c1-19(8-9-22-14-5-3-4-13(17)10-14)16(20)12-6-7-15(21-2)18-11-12/h3-7,10-11H,8-9H2,1-2H3. The molecule has 0 atom stereocenters. The van der Waals surface area contributed by atoms with Crippen LogP contribution in [0.3, 0.4) is 0 Å². The molecule has 116 valence electrons. The van der Waals surface area contributed by atoms with Crippen LogP contribution in [0.15, 0.2) is 42.6 Å². The van der Waals surface area contributed by atoms with Crippen molar-refractivity contribution in [2.75, 3.05) is 27.3 Å². The second-order valence-corrected chi connectivity index (χ2v) is 5.06. The van der Waals surface area contributed by atoms with E-state index >= 15 is 0 Å². The molecule has 2 rings (SSSR count). The lowest BCUT2D eigenvalue weighted by Crippen LogP contribution is -2.30. The topological polar surface area (TPSA) is 51.7 Å². The van der Waals surface area contributed by atoms with Gasteiger partial charge in [-0.2, -0.15) is 0 Å². The van der Waals surface area contributed by atoms with Gasteiger partial charge in [0.1, 0.15) is 12.4 Å². The lowest BCUT2D eigenvalue weighted by molar-refractivity contribution is 0.0773. The van der Waals surface area contributed by atoms with E-state index in [2.05, 4.69) is 4.98 Å². The third-order valence-electron chi connectivity index (χ3n) is 3.03. The Bertz CT molecular complexity index is 632. The Labute approximate surface area is 134 Å². The lowest BCUT2D eigenvalue weighted by atomic mass is 10.2. The van der Waals surface area contributed by atoms with Crippen molar-refractivity contribution in [1.29, 1.82) is 0 Å². The number of hydrogen-bond donors (Lipinski definition) is 0. The monoisotopic (exact) mass is 320 g/mol. The number of benzene rings is 1. The number of hydrogen-bond acceptors (Lipinski definition) is 4. The van der Waals surface area contributed by atoms with E-state index in [1.807, 2.05) is 12.1 Å². The minimum absolute atomic E-state index is 0.121. The first-order valence-corrected chi connectivity index (χ1v) is 7.12. The number of methoxy groups -OCH3 is 1. The summed E-state index contributed by atoms with van der Waals surface area (Å²) in [5, 5.41) is 0.617. The summed E-state index contributed by atoms with van der Waals surface area (Å²) in [6.07, 6.45) is 1.50. The number of aromatic nitrogens is 1. The first kappa shape index (κ1) is 16.1. The van der Waals surface area contributed by atoms with Crippen molar-refractivity contribution in [3.05, 3.63) is 53.2 Å². The molecule has 0 saturated carbocycles. The maximum absolute atomic E-state index is 12.2. The molecule has 1 aromatic heterocycles. The molecule has 0 spiro atoms. The molecule has 0 N–H and O–H groups in total. The molecular formula is C16H17ClN2O3. The highest BCUT2D eigenvalue weighted by Crippen LogP contribution is 2.17. The zero-order valence-corrected chi connectivity index (χ0v) is 13.2. The third kappa shape index (κ3) is 4.36. The quantitative estimate of drug-likeness (QED) is 0.821. The van der Waals surface area contributed by atoms with Crippen molar-refractivity contribution in [1.82, 2.24) is 9.88 Å². The molecule has 0 aliphatic carbocycles. The molecule has 0 bridgehead atoms. The number of ether oxygens (including phenoxy) is 2. The van der Waals surface area contributed by atoms with Crippen molar-refractivity contribution in [3.8, 4) is 11.6 Å². The van der Waals surface area contributed by atoms with Crippen LogP contribution in [0.25, 0.3) is 0 Å². The van der Waals surface area contributed by atoms with Gasteiger partial charge in [-0.15, -0.1) is 0 Å². The van der Waals surface area contributed by atoms with Gasteiger partial charge in [-0.1, -0.05) is 17.7 Å². The summed E-state index contributed by atoms with van der Waals surface area (Å²) in [4.78, 5) is 17.8. The van der Waals surface area contributed by atoms with Crippen molar-refractivity contribution < 1.29 is 14.3 Å². The second-order valence-electron chi connectivity index (χ2n) is 4.62. The second kappa shape index (κ2) is 7.66. The van der Waals surface area contributed by atoms with Crippen molar-refractivity contribution in [2.45, 2.75) is 0 Å².